The Balaban J connectivity index is 2.13. The Labute approximate surface area is 141 Å². The number of rotatable bonds is 5. The second-order valence-corrected chi connectivity index (χ2v) is 9.20. The number of hydrogen-bond acceptors (Lipinski definition) is 2. The van der Waals surface area contributed by atoms with Gasteiger partial charge in [0.15, 0.2) is 9.84 Å². The van der Waals surface area contributed by atoms with Gasteiger partial charge in [-0.15, -0.1) is 0 Å². The molecule has 0 heterocycles. The predicted octanol–water partition coefficient (Wildman–Crippen LogP) is 4.99. The summed E-state index contributed by atoms with van der Waals surface area (Å²) in [7, 11) is -3.16. The standard InChI is InChI=1S/C16H22BrClO2S/c17-12-16(9-5-1-2-6-10-16)13-21(19,20)11-14-7-3-4-8-15(14)18/h3-4,7-8H,1-2,5-6,9-13H2. The minimum absolute atomic E-state index is 0.0431. The van der Waals surface area contributed by atoms with Crippen LogP contribution in [0.3, 0.4) is 0 Å². The molecule has 0 N–H and O–H groups in total. The van der Waals surface area contributed by atoms with Crippen LogP contribution >= 0.6 is 27.5 Å². The molecule has 1 aromatic carbocycles. The average Bonchev–Trinajstić information content (AvgIpc) is 2.67. The first-order chi connectivity index (χ1) is 9.96. The summed E-state index contributed by atoms with van der Waals surface area (Å²) in [6.45, 7) is 0. The first-order valence-electron chi connectivity index (χ1n) is 7.46. The van der Waals surface area contributed by atoms with Gasteiger partial charge < -0.3 is 0 Å². The normalized spacial score (nSPS) is 19.1. The fraction of sp³-hybridized carbons (Fsp3) is 0.625. The molecule has 2 nitrogen and oxygen atoms in total. The topological polar surface area (TPSA) is 34.1 Å². The van der Waals surface area contributed by atoms with Gasteiger partial charge in [-0.1, -0.05) is 71.4 Å². The van der Waals surface area contributed by atoms with Gasteiger partial charge in [-0.05, 0) is 29.9 Å². The minimum Gasteiger partial charge on any atom is -0.228 e. The smallest absolute Gasteiger partial charge is 0.155 e. The van der Waals surface area contributed by atoms with Gasteiger partial charge in [0.05, 0.1) is 11.5 Å². The van der Waals surface area contributed by atoms with Crippen molar-refractivity contribution in [1.29, 1.82) is 0 Å². The molecule has 0 bridgehead atoms. The lowest BCUT2D eigenvalue weighted by Gasteiger charge is -2.30. The molecule has 0 radical (unpaired) electrons. The van der Waals surface area contributed by atoms with Gasteiger partial charge in [-0.2, -0.15) is 0 Å². The molecule has 0 spiro atoms. The van der Waals surface area contributed by atoms with Gasteiger partial charge in [-0.25, -0.2) is 8.42 Å². The molecule has 0 saturated heterocycles. The highest BCUT2D eigenvalue weighted by Crippen LogP contribution is 2.38. The number of halogens is 2. The summed E-state index contributed by atoms with van der Waals surface area (Å²) < 4.78 is 25.2. The molecule has 1 aromatic rings. The van der Waals surface area contributed by atoms with Gasteiger partial charge in [0.2, 0.25) is 0 Å². The summed E-state index contributed by atoms with van der Waals surface area (Å²) in [5.74, 6) is 0.303. The van der Waals surface area contributed by atoms with E-state index in [9.17, 15) is 8.42 Å². The van der Waals surface area contributed by atoms with Crippen LogP contribution < -0.4 is 0 Å². The largest absolute Gasteiger partial charge is 0.228 e. The summed E-state index contributed by atoms with van der Waals surface area (Å²) in [6.07, 6.45) is 6.71. The van der Waals surface area contributed by atoms with E-state index < -0.39 is 9.84 Å². The molecule has 1 fully saturated rings. The lowest BCUT2D eigenvalue weighted by atomic mass is 9.85. The van der Waals surface area contributed by atoms with Crippen molar-refractivity contribution < 1.29 is 8.42 Å². The quantitative estimate of drug-likeness (QED) is 0.521. The third-order valence-corrected chi connectivity index (χ3v) is 7.67. The highest BCUT2D eigenvalue weighted by atomic mass is 79.9. The van der Waals surface area contributed by atoms with Crippen LogP contribution in [0.5, 0.6) is 0 Å². The van der Waals surface area contributed by atoms with E-state index in [1.807, 2.05) is 12.1 Å². The molecule has 0 aromatic heterocycles. The number of alkyl halides is 1. The summed E-state index contributed by atoms with van der Waals surface area (Å²) in [6, 6.07) is 7.21. The second kappa shape index (κ2) is 7.47. The molecule has 0 atom stereocenters. The van der Waals surface area contributed by atoms with E-state index in [0.717, 1.165) is 31.0 Å². The van der Waals surface area contributed by atoms with Crippen molar-refractivity contribution in [2.24, 2.45) is 5.41 Å². The van der Waals surface area contributed by atoms with Gasteiger partial charge in [0, 0.05) is 10.4 Å². The Kier molecular flexibility index (Phi) is 6.15. The van der Waals surface area contributed by atoms with Crippen LogP contribution in [-0.4, -0.2) is 19.5 Å². The molecular formula is C16H22BrClO2S. The first kappa shape index (κ1) is 17.3. The van der Waals surface area contributed by atoms with E-state index in [4.69, 9.17) is 11.6 Å². The highest BCUT2D eigenvalue weighted by Gasteiger charge is 2.35. The maximum Gasteiger partial charge on any atom is 0.155 e. The van der Waals surface area contributed by atoms with Crippen molar-refractivity contribution in [3.63, 3.8) is 0 Å². The summed E-state index contributed by atoms with van der Waals surface area (Å²) in [5, 5.41) is 1.30. The van der Waals surface area contributed by atoms with E-state index >= 15 is 0 Å². The predicted molar refractivity (Wildman–Crippen MR) is 92.9 cm³/mol. The highest BCUT2D eigenvalue weighted by molar-refractivity contribution is 9.09. The zero-order chi connectivity index (χ0) is 15.3. The van der Waals surface area contributed by atoms with Crippen molar-refractivity contribution >= 4 is 37.4 Å². The Bertz CT molecular complexity index is 563. The molecule has 0 aliphatic heterocycles. The molecule has 118 valence electrons. The minimum atomic E-state index is -3.16. The van der Waals surface area contributed by atoms with Crippen LogP contribution in [0.25, 0.3) is 0 Å². The maximum atomic E-state index is 12.6. The van der Waals surface area contributed by atoms with Crippen molar-refractivity contribution in [2.75, 3.05) is 11.1 Å². The van der Waals surface area contributed by atoms with Gasteiger partial charge >= 0.3 is 0 Å². The maximum absolute atomic E-state index is 12.6. The van der Waals surface area contributed by atoms with Gasteiger partial charge in [0.25, 0.3) is 0 Å². The molecule has 2 rings (SSSR count). The zero-order valence-corrected chi connectivity index (χ0v) is 15.3. The molecule has 21 heavy (non-hydrogen) atoms. The number of benzene rings is 1. The van der Waals surface area contributed by atoms with Crippen LogP contribution in [0.4, 0.5) is 0 Å². The number of hydrogen-bond donors (Lipinski definition) is 0. The van der Waals surface area contributed by atoms with E-state index in [1.165, 1.54) is 12.8 Å². The van der Waals surface area contributed by atoms with Crippen molar-refractivity contribution in [2.45, 2.75) is 44.3 Å². The van der Waals surface area contributed by atoms with Crippen LogP contribution in [0.1, 0.15) is 44.1 Å². The Morgan fingerprint density at radius 2 is 1.71 bits per heavy atom. The van der Waals surface area contributed by atoms with E-state index in [0.29, 0.717) is 10.6 Å². The average molecular weight is 394 g/mol. The van der Waals surface area contributed by atoms with Gasteiger partial charge in [0.1, 0.15) is 0 Å². The van der Waals surface area contributed by atoms with Crippen LogP contribution in [0, 0.1) is 5.41 Å². The summed E-state index contributed by atoms with van der Waals surface area (Å²) >= 11 is 9.66. The molecule has 0 unspecified atom stereocenters. The van der Waals surface area contributed by atoms with E-state index in [1.54, 1.807) is 12.1 Å². The van der Waals surface area contributed by atoms with E-state index in [2.05, 4.69) is 15.9 Å². The summed E-state index contributed by atoms with van der Waals surface area (Å²) in [4.78, 5) is 0. The molecule has 0 amide bonds. The first-order valence-corrected chi connectivity index (χ1v) is 10.8. The molecule has 1 aliphatic rings. The Hall–Kier alpha value is -0.0600. The monoisotopic (exact) mass is 392 g/mol. The van der Waals surface area contributed by atoms with Gasteiger partial charge in [-0.3, -0.25) is 0 Å². The lowest BCUT2D eigenvalue weighted by Crippen LogP contribution is -2.32. The zero-order valence-electron chi connectivity index (χ0n) is 12.2. The van der Waals surface area contributed by atoms with Crippen LogP contribution in [-0.2, 0) is 15.6 Å². The Morgan fingerprint density at radius 3 is 2.29 bits per heavy atom. The second-order valence-electron chi connectivity index (χ2n) is 6.17. The molecule has 1 aliphatic carbocycles. The summed E-state index contributed by atoms with van der Waals surface area (Å²) in [5.41, 5.74) is 0.605. The fourth-order valence-electron chi connectivity index (χ4n) is 3.17. The van der Waals surface area contributed by atoms with Crippen molar-refractivity contribution in [1.82, 2.24) is 0 Å². The Morgan fingerprint density at radius 1 is 1.10 bits per heavy atom. The third kappa shape index (κ3) is 4.97. The van der Waals surface area contributed by atoms with Crippen molar-refractivity contribution in [3.8, 4) is 0 Å². The van der Waals surface area contributed by atoms with Crippen LogP contribution in [0.2, 0.25) is 5.02 Å². The lowest BCUT2D eigenvalue weighted by molar-refractivity contribution is 0.327. The fourth-order valence-corrected chi connectivity index (χ4v) is 6.62. The SMILES string of the molecule is O=S(=O)(Cc1ccccc1Cl)CC1(CBr)CCCCCC1. The van der Waals surface area contributed by atoms with Crippen LogP contribution in [0.15, 0.2) is 24.3 Å². The molecule has 5 heteroatoms. The third-order valence-electron chi connectivity index (χ3n) is 4.31. The molecule has 1 saturated carbocycles. The number of sulfone groups is 1. The molecular weight excluding hydrogens is 372 g/mol. The van der Waals surface area contributed by atoms with Crippen molar-refractivity contribution in [3.05, 3.63) is 34.9 Å². The van der Waals surface area contributed by atoms with E-state index in [-0.39, 0.29) is 16.9 Å².